The van der Waals surface area contributed by atoms with Crippen molar-refractivity contribution in [1.29, 1.82) is 0 Å². The zero-order valence-corrected chi connectivity index (χ0v) is 23.8. The molecule has 1 aliphatic rings. The molecule has 0 aromatic heterocycles. The van der Waals surface area contributed by atoms with Gasteiger partial charge in [0, 0.05) is 18.7 Å². The molecule has 4 N–H and O–H groups in total. The maximum absolute atomic E-state index is 12.6. The Bertz CT molecular complexity index is 1310. The van der Waals surface area contributed by atoms with Crippen LogP contribution in [0.3, 0.4) is 0 Å². The molecule has 0 saturated heterocycles. The van der Waals surface area contributed by atoms with Crippen LogP contribution in [0.25, 0.3) is 0 Å². The van der Waals surface area contributed by atoms with Crippen LogP contribution in [0.5, 0.6) is 0 Å². The van der Waals surface area contributed by atoms with Gasteiger partial charge in [-0.2, -0.15) is 13.2 Å². The van der Waals surface area contributed by atoms with Gasteiger partial charge < -0.3 is 16.4 Å². The summed E-state index contributed by atoms with van der Waals surface area (Å²) in [4.78, 5) is 12.0. The van der Waals surface area contributed by atoms with Crippen LogP contribution in [0.2, 0.25) is 0 Å². The number of hydrogen-bond donors (Lipinski definition) is 3. The zero-order chi connectivity index (χ0) is 29.8. The summed E-state index contributed by atoms with van der Waals surface area (Å²) < 4.78 is 37.8. The lowest BCUT2D eigenvalue weighted by Crippen LogP contribution is -2.24. The molecule has 0 heterocycles. The molecule has 1 unspecified atom stereocenters. The number of allylic oxidation sites excluding steroid dienone is 3. The van der Waals surface area contributed by atoms with Crippen molar-refractivity contribution in [2.75, 3.05) is 11.9 Å². The summed E-state index contributed by atoms with van der Waals surface area (Å²) in [5, 5.41) is 6.48. The van der Waals surface area contributed by atoms with Gasteiger partial charge in [0.15, 0.2) is 5.78 Å². The van der Waals surface area contributed by atoms with E-state index < -0.39 is 17.5 Å². The highest BCUT2D eigenvalue weighted by atomic mass is 19.4. The van der Waals surface area contributed by atoms with Crippen LogP contribution >= 0.6 is 0 Å². The fourth-order valence-corrected chi connectivity index (χ4v) is 4.27. The third-order valence-electron chi connectivity index (χ3n) is 6.72. The van der Waals surface area contributed by atoms with Crippen molar-refractivity contribution in [2.45, 2.75) is 58.3 Å². The summed E-state index contributed by atoms with van der Waals surface area (Å²) in [7, 11) is 0. The maximum atomic E-state index is 12.6. The van der Waals surface area contributed by atoms with Crippen molar-refractivity contribution in [1.82, 2.24) is 5.32 Å². The van der Waals surface area contributed by atoms with Gasteiger partial charge in [-0.1, -0.05) is 85.8 Å². The highest BCUT2D eigenvalue weighted by Gasteiger charge is 2.31. The van der Waals surface area contributed by atoms with Gasteiger partial charge in [-0.05, 0) is 73.5 Å². The van der Waals surface area contributed by atoms with Crippen LogP contribution in [0.15, 0.2) is 103 Å². The Labute approximate surface area is 241 Å². The molecule has 3 aromatic rings. The Morgan fingerprint density at radius 1 is 1.02 bits per heavy atom. The van der Waals surface area contributed by atoms with E-state index in [0.29, 0.717) is 24.7 Å². The highest BCUT2D eigenvalue weighted by Crippen LogP contribution is 2.30. The van der Waals surface area contributed by atoms with Crippen LogP contribution in [0.1, 0.15) is 60.9 Å². The second-order valence-corrected chi connectivity index (χ2v) is 10.4. The van der Waals surface area contributed by atoms with Crippen LogP contribution in [-0.2, 0) is 11.3 Å². The molecular formula is C34H40F3N3O. The predicted molar refractivity (Wildman–Crippen MR) is 161 cm³/mol. The van der Waals surface area contributed by atoms with E-state index in [-0.39, 0.29) is 12.1 Å². The molecule has 4 rings (SSSR count). The SMILES string of the molecule is C=C(/C=C(\Nc1cccc(CN)c1)C(=O)CCC)C(F)(F)F.Cc1cccc(C(NCC2CC2)c2ccccc2)c1. The first kappa shape index (κ1) is 31.8. The standard InChI is InChI=1S/C18H21N.C16H19F3N2O/c1-14-6-5-9-17(12-14)18(19-13-15-10-11-15)16-7-3-2-4-8-16;1-3-5-15(22)14(8-11(2)16(17,18)19)21-13-7-4-6-12(9-13)10-20/h2-9,12,15,18-19H,10-11,13H2,1H3;4,6-9,21H,2-3,5,10,20H2,1H3/b;14-8-. The summed E-state index contributed by atoms with van der Waals surface area (Å²) in [5.41, 5.74) is 9.69. The number of carbonyl (C=O) groups is 1. The average molecular weight is 564 g/mol. The molecule has 0 radical (unpaired) electrons. The summed E-state index contributed by atoms with van der Waals surface area (Å²) in [5.74, 6) is 0.502. The Balaban J connectivity index is 0.000000227. The summed E-state index contributed by atoms with van der Waals surface area (Å²) >= 11 is 0. The number of nitrogens with one attached hydrogen (secondary N) is 2. The number of Topliss-reactive ketones (excluding diaryl/α,β-unsaturated/α-hetero) is 1. The first-order valence-corrected chi connectivity index (χ1v) is 14.0. The van der Waals surface area contributed by atoms with E-state index in [1.807, 2.05) is 0 Å². The van der Waals surface area contributed by atoms with E-state index in [0.717, 1.165) is 24.1 Å². The number of rotatable bonds is 12. The van der Waals surface area contributed by atoms with Gasteiger partial charge in [0.2, 0.25) is 0 Å². The monoisotopic (exact) mass is 563 g/mol. The molecule has 1 fully saturated rings. The van der Waals surface area contributed by atoms with Gasteiger partial charge in [-0.25, -0.2) is 0 Å². The third kappa shape index (κ3) is 10.7. The quantitative estimate of drug-likeness (QED) is 0.154. The van der Waals surface area contributed by atoms with Gasteiger partial charge in [0.25, 0.3) is 0 Å². The minimum Gasteiger partial charge on any atom is -0.353 e. The van der Waals surface area contributed by atoms with E-state index in [9.17, 15) is 18.0 Å². The lowest BCUT2D eigenvalue weighted by molar-refractivity contribution is -0.115. The molecule has 1 aliphatic carbocycles. The van der Waals surface area contributed by atoms with Crippen molar-refractivity contribution in [2.24, 2.45) is 11.7 Å². The minimum atomic E-state index is -4.57. The van der Waals surface area contributed by atoms with Crippen molar-refractivity contribution in [3.05, 3.63) is 125 Å². The Morgan fingerprint density at radius 3 is 2.32 bits per heavy atom. The molecule has 0 bridgehead atoms. The molecule has 7 heteroatoms. The van der Waals surface area contributed by atoms with E-state index in [4.69, 9.17) is 5.73 Å². The second kappa shape index (κ2) is 15.4. The normalized spacial score (nSPS) is 14.0. The lowest BCUT2D eigenvalue weighted by Gasteiger charge is -2.20. The van der Waals surface area contributed by atoms with Gasteiger partial charge >= 0.3 is 6.18 Å². The van der Waals surface area contributed by atoms with Crippen LogP contribution in [0.4, 0.5) is 18.9 Å². The van der Waals surface area contributed by atoms with Gasteiger partial charge in [0.05, 0.1) is 17.3 Å². The maximum Gasteiger partial charge on any atom is 0.415 e. The van der Waals surface area contributed by atoms with Gasteiger partial charge in [-0.15, -0.1) is 0 Å². The molecule has 0 spiro atoms. The molecule has 0 aliphatic heterocycles. The number of hydrogen-bond acceptors (Lipinski definition) is 4. The number of carbonyl (C=O) groups excluding carboxylic acids is 1. The van der Waals surface area contributed by atoms with Gasteiger partial charge in [0.1, 0.15) is 0 Å². The number of alkyl halides is 3. The summed E-state index contributed by atoms with van der Waals surface area (Å²) in [6.45, 7) is 8.34. The zero-order valence-electron chi connectivity index (χ0n) is 23.8. The number of halogens is 3. The van der Waals surface area contributed by atoms with Crippen molar-refractivity contribution in [3.8, 4) is 0 Å². The predicted octanol–water partition coefficient (Wildman–Crippen LogP) is 8.01. The van der Waals surface area contributed by atoms with Crippen LogP contribution < -0.4 is 16.4 Å². The second-order valence-electron chi connectivity index (χ2n) is 10.4. The van der Waals surface area contributed by atoms with E-state index >= 15 is 0 Å². The fourth-order valence-electron chi connectivity index (χ4n) is 4.27. The van der Waals surface area contributed by atoms with Crippen LogP contribution in [-0.4, -0.2) is 18.5 Å². The molecule has 218 valence electrons. The van der Waals surface area contributed by atoms with E-state index in [1.54, 1.807) is 31.2 Å². The fraction of sp³-hybridized carbons (Fsp3) is 0.324. The lowest BCUT2D eigenvalue weighted by atomic mass is 9.97. The molecule has 4 nitrogen and oxygen atoms in total. The first-order valence-electron chi connectivity index (χ1n) is 14.0. The molecule has 41 heavy (non-hydrogen) atoms. The number of ketones is 1. The Morgan fingerprint density at radius 2 is 1.71 bits per heavy atom. The van der Waals surface area contributed by atoms with E-state index in [2.05, 4.69) is 78.7 Å². The molecular weight excluding hydrogens is 523 g/mol. The van der Waals surface area contributed by atoms with E-state index in [1.165, 1.54) is 29.5 Å². The smallest absolute Gasteiger partial charge is 0.353 e. The summed E-state index contributed by atoms with van der Waals surface area (Å²) in [6, 6.07) is 26.7. The largest absolute Gasteiger partial charge is 0.415 e. The molecule has 1 atom stereocenters. The van der Waals surface area contributed by atoms with Crippen molar-refractivity contribution < 1.29 is 18.0 Å². The number of benzene rings is 3. The van der Waals surface area contributed by atoms with Gasteiger partial charge in [-0.3, -0.25) is 4.79 Å². The first-order chi connectivity index (χ1) is 19.6. The highest BCUT2D eigenvalue weighted by molar-refractivity contribution is 5.98. The number of nitrogens with two attached hydrogens (primary N) is 1. The topological polar surface area (TPSA) is 67.1 Å². The van der Waals surface area contributed by atoms with Crippen LogP contribution in [0, 0.1) is 12.8 Å². The molecule has 3 aromatic carbocycles. The average Bonchev–Trinajstić information content (AvgIpc) is 3.78. The van der Waals surface area contributed by atoms with Crippen molar-refractivity contribution >= 4 is 11.5 Å². The molecule has 1 saturated carbocycles. The Hall–Kier alpha value is -3.68. The minimum absolute atomic E-state index is 0.127. The number of anilines is 1. The third-order valence-corrected chi connectivity index (χ3v) is 6.72. The summed E-state index contributed by atoms with van der Waals surface area (Å²) in [6.07, 6.45) is -0.351. The Kier molecular flexibility index (Phi) is 11.9. The number of aryl methyl sites for hydroxylation is 1. The van der Waals surface area contributed by atoms with Crippen molar-refractivity contribution in [3.63, 3.8) is 0 Å². The molecule has 0 amide bonds.